The van der Waals surface area contributed by atoms with Crippen LogP contribution in [0.3, 0.4) is 0 Å². The van der Waals surface area contributed by atoms with Gasteiger partial charge >= 0.3 is 5.97 Å². The first kappa shape index (κ1) is 16.5. The van der Waals surface area contributed by atoms with Gasteiger partial charge < -0.3 is 14.6 Å². The smallest absolute Gasteiger partial charge is 0.336 e. The highest BCUT2D eigenvalue weighted by Crippen LogP contribution is 2.32. The fourth-order valence-corrected chi connectivity index (χ4v) is 1.93. The molecule has 1 unspecified atom stereocenters. The van der Waals surface area contributed by atoms with Crippen molar-refractivity contribution in [3.8, 4) is 5.75 Å². The van der Waals surface area contributed by atoms with Crippen LogP contribution in [0.1, 0.15) is 38.8 Å². The van der Waals surface area contributed by atoms with Gasteiger partial charge in [0.1, 0.15) is 12.4 Å². The van der Waals surface area contributed by atoms with Crippen LogP contribution >= 0.6 is 0 Å². The van der Waals surface area contributed by atoms with Crippen molar-refractivity contribution in [1.29, 1.82) is 0 Å². The van der Waals surface area contributed by atoms with Crippen molar-refractivity contribution in [3.63, 3.8) is 0 Å². The van der Waals surface area contributed by atoms with Crippen molar-refractivity contribution in [1.82, 2.24) is 0 Å². The third-order valence-electron chi connectivity index (χ3n) is 2.98. The summed E-state index contributed by atoms with van der Waals surface area (Å²) in [6.45, 7) is 10.4. The summed E-state index contributed by atoms with van der Waals surface area (Å²) in [6.07, 6.45) is -0.937. The van der Waals surface area contributed by atoms with Crippen LogP contribution in [-0.2, 0) is 14.9 Å². The highest BCUT2D eigenvalue weighted by molar-refractivity contribution is 5.72. The molecule has 4 nitrogen and oxygen atoms in total. The van der Waals surface area contributed by atoms with E-state index in [4.69, 9.17) is 14.6 Å². The Bertz CT molecular complexity index is 460. The second-order valence-electron chi connectivity index (χ2n) is 5.84. The van der Waals surface area contributed by atoms with E-state index in [0.29, 0.717) is 6.61 Å². The van der Waals surface area contributed by atoms with Crippen molar-refractivity contribution in [3.05, 3.63) is 29.3 Å². The number of ether oxygens (including phenoxy) is 2. The molecule has 1 atom stereocenters. The highest BCUT2D eigenvalue weighted by atomic mass is 16.5. The zero-order valence-corrected chi connectivity index (χ0v) is 12.9. The predicted molar refractivity (Wildman–Crippen MR) is 78.4 cm³/mol. The van der Waals surface area contributed by atoms with Crippen molar-refractivity contribution in [2.45, 2.75) is 46.1 Å². The molecule has 0 spiro atoms. The zero-order valence-electron chi connectivity index (χ0n) is 12.9. The molecule has 1 aromatic rings. The average Bonchev–Trinajstić information content (AvgIpc) is 2.32. The molecule has 0 fully saturated rings. The number of carboxylic acid groups (broad SMARTS) is 1. The summed E-state index contributed by atoms with van der Waals surface area (Å²) in [5, 5.41) is 9.06. The van der Waals surface area contributed by atoms with Crippen LogP contribution in [0.15, 0.2) is 18.2 Å². The van der Waals surface area contributed by atoms with Crippen LogP contribution in [0, 0.1) is 6.92 Å². The van der Waals surface area contributed by atoms with Gasteiger partial charge in [-0.1, -0.05) is 32.9 Å². The third-order valence-corrected chi connectivity index (χ3v) is 2.98. The Kier molecular flexibility index (Phi) is 5.57. The zero-order chi connectivity index (χ0) is 15.3. The fourth-order valence-electron chi connectivity index (χ4n) is 1.93. The van der Waals surface area contributed by atoms with Crippen molar-refractivity contribution in [2.75, 3.05) is 13.2 Å². The molecule has 0 radical (unpaired) electrons. The number of aryl methyl sites for hydroxylation is 1. The van der Waals surface area contributed by atoms with Gasteiger partial charge in [0, 0.05) is 6.61 Å². The quantitative estimate of drug-likeness (QED) is 0.869. The Labute approximate surface area is 120 Å². The van der Waals surface area contributed by atoms with E-state index in [9.17, 15) is 4.79 Å². The van der Waals surface area contributed by atoms with E-state index in [0.717, 1.165) is 16.9 Å². The molecule has 1 aromatic carbocycles. The molecule has 4 heteroatoms. The summed E-state index contributed by atoms with van der Waals surface area (Å²) in [4.78, 5) is 11.1. The lowest BCUT2D eigenvalue weighted by Crippen LogP contribution is -2.31. The highest BCUT2D eigenvalue weighted by Gasteiger charge is 2.22. The Hall–Kier alpha value is -1.55. The van der Waals surface area contributed by atoms with E-state index in [1.165, 1.54) is 0 Å². The molecule has 0 amide bonds. The summed E-state index contributed by atoms with van der Waals surface area (Å²) in [7, 11) is 0. The first-order valence-corrected chi connectivity index (χ1v) is 6.84. The minimum absolute atomic E-state index is 0.00963. The minimum Gasteiger partial charge on any atom is -0.490 e. The van der Waals surface area contributed by atoms with Crippen molar-refractivity contribution >= 4 is 5.97 Å². The van der Waals surface area contributed by atoms with Gasteiger partial charge in [0.15, 0.2) is 6.10 Å². The van der Waals surface area contributed by atoms with Gasteiger partial charge in [-0.3, -0.25) is 0 Å². The fraction of sp³-hybridized carbons (Fsp3) is 0.562. The van der Waals surface area contributed by atoms with Gasteiger partial charge in [-0.15, -0.1) is 0 Å². The van der Waals surface area contributed by atoms with Crippen LogP contribution < -0.4 is 4.74 Å². The lowest BCUT2D eigenvalue weighted by Gasteiger charge is -2.24. The summed E-state index contributed by atoms with van der Waals surface area (Å²) in [5.41, 5.74) is 2.08. The van der Waals surface area contributed by atoms with Gasteiger partial charge in [-0.2, -0.15) is 0 Å². The molecule has 112 valence electrons. The molecule has 0 aliphatic rings. The standard InChI is InChI=1S/C16H24O4/c1-6-19-14(15(17)18)10-20-13-9-11(2)7-8-12(13)16(3,4)5/h7-9,14H,6,10H2,1-5H3,(H,17,18). The number of hydrogen-bond donors (Lipinski definition) is 1. The normalized spacial score (nSPS) is 13.1. The maximum Gasteiger partial charge on any atom is 0.336 e. The van der Waals surface area contributed by atoms with Crippen molar-refractivity contribution in [2.24, 2.45) is 0 Å². The Morgan fingerprint density at radius 2 is 2.00 bits per heavy atom. The van der Waals surface area contributed by atoms with E-state index in [-0.39, 0.29) is 12.0 Å². The predicted octanol–water partition coefficient (Wildman–Crippen LogP) is 3.16. The van der Waals surface area contributed by atoms with E-state index >= 15 is 0 Å². The van der Waals surface area contributed by atoms with E-state index in [2.05, 4.69) is 20.8 Å². The summed E-state index contributed by atoms with van der Waals surface area (Å²) < 4.78 is 10.9. The first-order valence-electron chi connectivity index (χ1n) is 6.84. The Morgan fingerprint density at radius 1 is 1.35 bits per heavy atom. The van der Waals surface area contributed by atoms with Crippen LogP contribution in [-0.4, -0.2) is 30.4 Å². The topological polar surface area (TPSA) is 55.8 Å². The number of carbonyl (C=O) groups is 1. The maximum atomic E-state index is 11.1. The van der Waals surface area contributed by atoms with Gasteiger partial charge in [-0.05, 0) is 36.5 Å². The Morgan fingerprint density at radius 3 is 2.50 bits per heavy atom. The molecular formula is C16H24O4. The molecule has 0 aromatic heterocycles. The van der Waals surface area contributed by atoms with Gasteiger partial charge in [0.25, 0.3) is 0 Å². The summed E-state index contributed by atoms with van der Waals surface area (Å²) in [5.74, 6) is -0.278. The molecule has 0 saturated heterocycles. The number of aliphatic carboxylic acids is 1. The van der Waals surface area contributed by atoms with Crippen LogP contribution in [0.2, 0.25) is 0 Å². The molecule has 1 N–H and O–H groups in total. The molecule has 0 aliphatic carbocycles. The second kappa shape index (κ2) is 6.75. The molecular weight excluding hydrogens is 256 g/mol. The van der Waals surface area contributed by atoms with Gasteiger partial charge in [-0.25, -0.2) is 4.79 Å². The monoisotopic (exact) mass is 280 g/mol. The van der Waals surface area contributed by atoms with Gasteiger partial charge in [0.2, 0.25) is 0 Å². The first-order chi connectivity index (χ1) is 9.25. The average molecular weight is 280 g/mol. The third kappa shape index (κ3) is 4.53. The molecule has 0 aliphatic heterocycles. The van der Waals surface area contributed by atoms with E-state index in [1.54, 1.807) is 6.92 Å². The number of carboxylic acids is 1. The minimum atomic E-state index is -1.00. The lowest BCUT2D eigenvalue weighted by molar-refractivity contribution is -0.152. The van der Waals surface area contributed by atoms with Crippen LogP contribution in [0.25, 0.3) is 0 Å². The summed E-state index contributed by atoms with van der Waals surface area (Å²) in [6, 6.07) is 6.00. The SMILES string of the molecule is CCOC(COc1cc(C)ccc1C(C)(C)C)C(=O)O. The molecule has 1 rings (SSSR count). The molecule has 20 heavy (non-hydrogen) atoms. The molecule has 0 saturated carbocycles. The van der Waals surface area contributed by atoms with Crippen molar-refractivity contribution < 1.29 is 19.4 Å². The number of hydrogen-bond acceptors (Lipinski definition) is 3. The van der Waals surface area contributed by atoms with Crippen LogP contribution in [0.4, 0.5) is 0 Å². The van der Waals surface area contributed by atoms with Crippen LogP contribution in [0.5, 0.6) is 5.75 Å². The number of benzene rings is 1. The largest absolute Gasteiger partial charge is 0.490 e. The Balaban J connectivity index is 2.91. The van der Waals surface area contributed by atoms with E-state index in [1.807, 2.05) is 25.1 Å². The maximum absolute atomic E-state index is 11.1. The number of rotatable bonds is 6. The molecule has 0 heterocycles. The van der Waals surface area contributed by atoms with E-state index < -0.39 is 12.1 Å². The molecule has 0 bridgehead atoms. The second-order valence-corrected chi connectivity index (χ2v) is 5.84. The lowest BCUT2D eigenvalue weighted by atomic mass is 9.86. The van der Waals surface area contributed by atoms with Gasteiger partial charge in [0.05, 0.1) is 0 Å². The summed E-state index contributed by atoms with van der Waals surface area (Å²) >= 11 is 0.